The first-order chi connectivity index (χ1) is 9.08. The molecule has 0 spiro atoms. The number of hydrogen-bond donors (Lipinski definition) is 2. The lowest BCUT2D eigenvalue weighted by atomic mass is 9.99. The highest BCUT2D eigenvalue weighted by atomic mass is 16.4. The number of nitrogens with zero attached hydrogens (tertiary/aromatic N) is 2. The number of nitrogens with two attached hydrogens (primary N) is 1. The lowest BCUT2D eigenvalue weighted by Gasteiger charge is -2.40. The predicted molar refractivity (Wildman–Crippen MR) is 70.8 cm³/mol. The molecule has 6 nitrogen and oxygen atoms in total. The first-order valence-electron chi connectivity index (χ1n) is 7.11. The van der Waals surface area contributed by atoms with E-state index in [1.54, 1.807) is 9.80 Å². The number of aliphatic carboxylic acids is 1. The Kier molecular flexibility index (Phi) is 4.63. The summed E-state index contributed by atoms with van der Waals surface area (Å²) in [6.45, 7) is 2.00. The Morgan fingerprint density at radius 1 is 1.16 bits per heavy atom. The number of carbonyl (C=O) groups excluding carboxylic acids is 1. The Balaban J connectivity index is 2.00. The molecule has 3 N–H and O–H groups in total. The van der Waals surface area contributed by atoms with Crippen LogP contribution in [0.3, 0.4) is 0 Å². The highest BCUT2D eigenvalue weighted by Crippen LogP contribution is 2.22. The lowest BCUT2D eigenvalue weighted by molar-refractivity contribution is -0.138. The van der Waals surface area contributed by atoms with Crippen LogP contribution >= 0.6 is 0 Å². The SMILES string of the molecule is NC1CCCN(C(=O)N2CCCCC2CC(=O)O)C1. The van der Waals surface area contributed by atoms with Crippen LogP contribution in [0.2, 0.25) is 0 Å². The molecule has 2 amide bonds. The van der Waals surface area contributed by atoms with Crippen LogP contribution in [0.25, 0.3) is 0 Å². The van der Waals surface area contributed by atoms with Crippen LogP contribution in [0.1, 0.15) is 38.5 Å². The maximum atomic E-state index is 12.5. The van der Waals surface area contributed by atoms with E-state index in [1.165, 1.54) is 0 Å². The van der Waals surface area contributed by atoms with Gasteiger partial charge in [0.15, 0.2) is 0 Å². The van der Waals surface area contributed by atoms with Crippen LogP contribution < -0.4 is 5.73 Å². The Labute approximate surface area is 113 Å². The topological polar surface area (TPSA) is 86.9 Å². The molecule has 0 aromatic carbocycles. The van der Waals surface area contributed by atoms with Crippen LogP contribution in [0.15, 0.2) is 0 Å². The third-order valence-electron chi connectivity index (χ3n) is 4.01. The highest BCUT2D eigenvalue weighted by Gasteiger charge is 2.32. The van der Waals surface area contributed by atoms with Crippen molar-refractivity contribution in [3.8, 4) is 0 Å². The molecular weight excluding hydrogens is 246 g/mol. The fraction of sp³-hybridized carbons (Fsp3) is 0.846. The summed E-state index contributed by atoms with van der Waals surface area (Å²) in [5, 5.41) is 8.95. The zero-order chi connectivity index (χ0) is 13.8. The normalized spacial score (nSPS) is 28.3. The molecule has 2 saturated heterocycles. The van der Waals surface area contributed by atoms with Crippen molar-refractivity contribution in [3.05, 3.63) is 0 Å². The van der Waals surface area contributed by atoms with Crippen LogP contribution in [0.4, 0.5) is 4.79 Å². The monoisotopic (exact) mass is 269 g/mol. The van der Waals surface area contributed by atoms with Gasteiger partial charge in [0.05, 0.1) is 6.42 Å². The van der Waals surface area contributed by atoms with E-state index in [0.29, 0.717) is 13.1 Å². The van der Waals surface area contributed by atoms with Gasteiger partial charge >= 0.3 is 12.0 Å². The van der Waals surface area contributed by atoms with Crippen molar-refractivity contribution in [2.75, 3.05) is 19.6 Å². The average molecular weight is 269 g/mol. The minimum Gasteiger partial charge on any atom is -0.481 e. The Morgan fingerprint density at radius 3 is 2.63 bits per heavy atom. The summed E-state index contributed by atoms with van der Waals surface area (Å²) in [5.74, 6) is -0.833. The van der Waals surface area contributed by atoms with E-state index in [0.717, 1.165) is 38.6 Å². The van der Waals surface area contributed by atoms with E-state index in [1.807, 2.05) is 0 Å². The first kappa shape index (κ1) is 14.1. The number of hydrogen-bond acceptors (Lipinski definition) is 3. The van der Waals surface area contributed by atoms with E-state index >= 15 is 0 Å². The van der Waals surface area contributed by atoms with Crippen molar-refractivity contribution in [2.24, 2.45) is 5.73 Å². The lowest BCUT2D eigenvalue weighted by Crippen LogP contribution is -2.55. The van der Waals surface area contributed by atoms with E-state index in [-0.39, 0.29) is 24.5 Å². The molecule has 0 bridgehead atoms. The van der Waals surface area contributed by atoms with Gasteiger partial charge in [0.25, 0.3) is 0 Å². The largest absolute Gasteiger partial charge is 0.481 e. The highest BCUT2D eigenvalue weighted by molar-refractivity contribution is 5.76. The maximum Gasteiger partial charge on any atom is 0.320 e. The Morgan fingerprint density at radius 2 is 1.95 bits per heavy atom. The van der Waals surface area contributed by atoms with Crippen LogP contribution in [0.5, 0.6) is 0 Å². The number of carboxylic acid groups (broad SMARTS) is 1. The summed E-state index contributed by atoms with van der Waals surface area (Å²) in [5.41, 5.74) is 5.90. The molecule has 0 aliphatic carbocycles. The number of carboxylic acids is 1. The quantitative estimate of drug-likeness (QED) is 0.778. The minimum absolute atomic E-state index is 0.0268. The zero-order valence-corrected chi connectivity index (χ0v) is 11.3. The molecule has 0 radical (unpaired) electrons. The van der Waals surface area contributed by atoms with Crippen LogP contribution in [0, 0.1) is 0 Å². The third-order valence-corrected chi connectivity index (χ3v) is 4.01. The van der Waals surface area contributed by atoms with E-state index < -0.39 is 5.97 Å². The van der Waals surface area contributed by atoms with Crippen molar-refractivity contribution in [1.29, 1.82) is 0 Å². The number of likely N-dealkylation sites (tertiary alicyclic amines) is 2. The summed E-state index contributed by atoms with van der Waals surface area (Å²) >= 11 is 0. The molecule has 2 rings (SSSR count). The predicted octanol–water partition coefficient (Wildman–Crippen LogP) is 0.859. The second kappa shape index (κ2) is 6.23. The third kappa shape index (κ3) is 3.59. The molecule has 2 aliphatic rings. The van der Waals surface area contributed by atoms with Crippen molar-refractivity contribution in [3.63, 3.8) is 0 Å². The van der Waals surface area contributed by atoms with Crippen molar-refractivity contribution in [2.45, 2.75) is 50.6 Å². The van der Waals surface area contributed by atoms with Crippen molar-refractivity contribution in [1.82, 2.24) is 9.80 Å². The van der Waals surface area contributed by atoms with Crippen LogP contribution in [-0.2, 0) is 4.79 Å². The second-order valence-corrected chi connectivity index (χ2v) is 5.57. The maximum absolute atomic E-state index is 12.5. The van der Waals surface area contributed by atoms with Gasteiger partial charge in [-0.3, -0.25) is 4.79 Å². The summed E-state index contributed by atoms with van der Waals surface area (Å²) in [4.78, 5) is 26.9. The summed E-state index contributed by atoms with van der Waals surface area (Å²) in [6.07, 6.45) is 4.69. The molecule has 19 heavy (non-hydrogen) atoms. The summed E-state index contributed by atoms with van der Waals surface area (Å²) in [6, 6.07) is -0.126. The molecule has 0 aromatic heterocycles. The molecule has 6 heteroatoms. The number of rotatable bonds is 2. The first-order valence-corrected chi connectivity index (χ1v) is 7.11. The molecular formula is C13H23N3O3. The van der Waals surface area contributed by atoms with Crippen molar-refractivity contribution >= 4 is 12.0 Å². The molecule has 0 saturated carbocycles. The fourth-order valence-corrected chi connectivity index (χ4v) is 3.03. The van der Waals surface area contributed by atoms with Gasteiger partial charge in [0.2, 0.25) is 0 Å². The van der Waals surface area contributed by atoms with Gasteiger partial charge < -0.3 is 20.6 Å². The molecule has 2 heterocycles. The molecule has 2 unspecified atom stereocenters. The van der Waals surface area contributed by atoms with E-state index in [9.17, 15) is 9.59 Å². The minimum atomic E-state index is -0.833. The summed E-state index contributed by atoms with van der Waals surface area (Å²) in [7, 11) is 0. The van der Waals surface area contributed by atoms with E-state index in [2.05, 4.69) is 0 Å². The number of piperidine rings is 2. The molecule has 2 aliphatic heterocycles. The van der Waals surface area contributed by atoms with Crippen LogP contribution in [-0.4, -0.2) is 58.6 Å². The average Bonchev–Trinajstić information content (AvgIpc) is 2.38. The van der Waals surface area contributed by atoms with Gasteiger partial charge in [-0.05, 0) is 32.1 Å². The van der Waals surface area contributed by atoms with Gasteiger partial charge in [0, 0.05) is 31.7 Å². The fourth-order valence-electron chi connectivity index (χ4n) is 3.03. The second-order valence-electron chi connectivity index (χ2n) is 5.57. The number of carbonyl (C=O) groups is 2. The van der Waals surface area contributed by atoms with Crippen molar-refractivity contribution < 1.29 is 14.7 Å². The molecule has 0 aromatic rings. The van der Waals surface area contributed by atoms with Gasteiger partial charge in [-0.2, -0.15) is 0 Å². The van der Waals surface area contributed by atoms with Gasteiger partial charge in [-0.1, -0.05) is 0 Å². The Hall–Kier alpha value is -1.30. The van der Waals surface area contributed by atoms with Gasteiger partial charge in [0.1, 0.15) is 0 Å². The number of amides is 2. The molecule has 108 valence electrons. The smallest absolute Gasteiger partial charge is 0.320 e. The molecule has 2 atom stereocenters. The number of urea groups is 1. The Bertz CT molecular complexity index is 348. The standard InChI is InChI=1S/C13H23N3O3/c14-10-4-3-6-15(9-10)13(19)16-7-2-1-5-11(16)8-12(17)18/h10-11H,1-9,14H2,(H,17,18). The summed E-state index contributed by atoms with van der Waals surface area (Å²) < 4.78 is 0. The van der Waals surface area contributed by atoms with Gasteiger partial charge in [-0.25, -0.2) is 4.79 Å². The van der Waals surface area contributed by atoms with Gasteiger partial charge in [-0.15, -0.1) is 0 Å². The zero-order valence-electron chi connectivity index (χ0n) is 11.3. The molecule has 2 fully saturated rings. The van der Waals surface area contributed by atoms with E-state index in [4.69, 9.17) is 10.8 Å².